The molecule has 0 radical (unpaired) electrons. The summed E-state index contributed by atoms with van der Waals surface area (Å²) in [6, 6.07) is 24.6. The molecule has 0 spiro atoms. The number of carbonyl (C=O) groups excluding carboxylic acids is 3. The maximum absolute atomic E-state index is 13.1. The number of nitrogens with one attached hydrogen (secondary N) is 1. The van der Waals surface area contributed by atoms with Crippen LogP contribution in [0.1, 0.15) is 22.3 Å². The Kier molecular flexibility index (Phi) is 7.72. The average molecular weight is 557 g/mol. The standard InChI is InChI=1S/C31H25ClN2O4S/c1-19-10-11-20(2)26(14-19)33-29(35)18-38-27-13-12-21(15-25(27)32)16-28-30(36)34(31(37)39-28)17-23-8-5-7-22-6-3-4-9-24(22)23/h3-16H,17-18H2,1-2H3,(H,33,35)/b28-16-. The predicted octanol–water partition coefficient (Wildman–Crippen LogP) is 7.36. The molecule has 1 saturated heterocycles. The van der Waals surface area contributed by atoms with Gasteiger partial charge in [0.05, 0.1) is 16.5 Å². The summed E-state index contributed by atoms with van der Waals surface area (Å²) in [5.41, 5.74) is 4.28. The number of rotatable bonds is 7. The van der Waals surface area contributed by atoms with Crippen LogP contribution in [0.2, 0.25) is 5.02 Å². The normalized spacial score (nSPS) is 14.3. The summed E-state index contributed by atoms with van der Waals surface area (Å²) >= 11 is 7.31. The molecule has 0 saturated carbocycles. The van der Waals surface area contributed by atoms with Crippen LogP contribution >= 0.6 is 23.4 Å². The Morgan fingerprint density at radius 1 is 1.00 bits per heavy atom. The second kappa shape index (κ2) is 11.4. The maximum atomic E-state index is 13.1. The second-order valence-electron chi connectivity index (χ2n) is 9.25. The number of carbonyl (C=O) groups is 3. The van der Waals surface area contributed by atoms with Crippen LogP contribution < -0.4 is 10.1 Å². The van der Waals surface area contributed by atoms with Gasteiger partial charge in [-0.3, -0.25) is 19.3 Å². The van der Waals surface area contributed by atoms with E-state index in [9.17, 15) is 14.4 Å². The van der Waals surface area contributed by atoms with E-state index in [0.29, 0.717) is 21.2 Å². The topological polar surface area (TPSA) is 75.7 Å². The molecule has 0 atom stereocenters. The molecule has 0 aromatic heterocycles. The third-order valence-corrected chi connectivity index (χ3v) is 7.56. The Morgan fingerprint density at radius 3 is 2.62 bits per heavy atom. The van der Waals surface area contributed by atoms with Crippen LogP contribution in [0.5, 0.6) is 5.75 Å². The van der Waals surface area contributed by atoms with Gasteiger partial charge in [-0.05, 0) is 82.9 Å². The first-order chi connectivity index (χ1) is 18.8. The highest BCUT2D eigenvalue weighted by Gasteiger charge is 2.35. The molecule has 39 heavy (non-hydrogen) atoms. The van der Waals surface area contributed by atoms with Gasteiger partial charge in [-0.15, -0.1) is 0 Å². The fourth-order valence-electron chi connectivity index (χ4n) is 4.31. The van der Waals surface area contributed by atoms with Crippen molar-refractivity contribution in [3.05, 3.63) is 111 Å². The van der Waals surface area contributed by atoms with Crippen molar-refractivity contribution in [2.24, 2.45) is 0 Å². The lowest BCUT2D eigenvalue weighted by molar-refractivity contribution is -0.123. The summed E-state index contributed by atoms with van der Waals surface area (Å²) in [7, 11) is 0. The van der Waals surface area contributed by atoms with Crippen molar-refractivity contribution in [1.82, 2.24) is 4.90 Å². The summed E-state index contributed by atoms with van der Waals surface area (Å²) in [5, 5.41) is 4.88. The number of aryl methyl sites for hydroxylation is 2. The van der Waals surface area contributed by atoms with Gasteiger partial charge in [0.25, 0.3) is 17.1 Å². The van der Waals surface area contributed by atoms with Crippen LogP contribution in [0, 0.1) is 13.8 Å². The van der Waals surface area contributed by atoms with Gasteiger partial charge < -0.3 is 10.1 Å². The summed E-state index contributed by atoms with van der Waals surface area (Å²) in [4.78, 5) is 39.8. The van der Waals surface area contributed by atoms with Gasteiger partial charge in [0.1, 0.15) is 5.75 Å². The quantitative estimate of drug-likeness (QED) is 0.241. The van der Waals surface area contributed by atoms with Crippen LogP contribution in [0.4, 0.5) is 10.5 Å². The van der Waals surface area contributed by atoms with Gasteiger partial charge in [0.2, 0.25) is 0 Å². The Labute approximate surface area is 235 Å². The molecule has 0 aliphatic carbocycles. The van der Waals surface area contributed by atoms with Crippen molar-refractivity contribution in [2.75, 3.05) is 11.9 Å². The molecule has 196 valence electrons. The molecule has 1 fully saturated rings. The number of nitrogens with zero attached hydrogens (tertiary/aromatic N) is 1. The smallest absolute Gasteiger partial charge is 0.293 e. The lowest BCUT2D eigenvalue weighted by Crippen LogP contribution is -2.27. The molecule has 1 N–H and O–H groups in total. The highest BCUT2D eigenvalue weighted by atomic mass is 35.5. The van der Waals surface area contributed by atoms with Crippen LogP contribution in [0.15, 0.2) is 83.8 Å². The van der Waals surface area contributed by atoms with E-state index in [0.717, 1.165) is 44.9 Å². The summed E-state index contributed by atoms with van der Waals surface area (Å²) in [5.74, 6) is -0.310. The third-order valence-electron chi connectivity index (χ3n) is 6.36. The molecule has 3 amide bonds. The number of ether oxygens (including phenoxy) is 1. The number of amides is 3. The number of hydrogen-bond acceptors (Lipinski definition) is 5. The number of thioether (sulfide) groups is 1. The van der Waals surface area contributed by atoms with E-state index in [1.54, 1.807) is 24.3 Å². The Bertz CT molecular complexity index is 1640. The lowest BCUT2D eigenvalue weighted by atomic mass is 10.0. The molecule has 5 rings (SSSR count). The zero-order valence-corrected chi connectivity index (χ0v) is 22.9. The summed E-state index contributed by atoms with van der Waals surface area (Å²) < 4.78 is 5.62. The number of benzene rings is 4. The monoisotopic (exact) mass is 556 g/mol. The molecule has 1 heterocycles. The number of halogens is 1. The minimum Gasteiger partial charge on any atom is -0.482 e. The molecule has 0 bridgehead atoms. The first kappa shape index (κ1) is 26.5. The Morgan fingerprint density at radius 2 is 1.79 bits per heavy atom. The molecular formula is C31H25ClN2O4S. The van der Waals surface area contributed by atoms with Gasteiger partial charge in [-0.1, -0.05) is 72.3 Å². The number of imide groups is 1. The van der Waals surface area contributed by atoms with E-state index in [1.165, 1.54) is 4.90 Å². The molecule has 4 aromatic carbocycles. The van der Waals surface area contributed by atoms with Gasteiger partial charge in [0, 0.05) is 5.69 Å². The Hall–Kier alpha value is -4.07. The van der Waals surface area contributed by atoms with E-state index in [1.807, 2.05) is 74.5 Å². The molecule has 1 aliphatic rings. The zero-order chi connectivity index (χ0) is 27.5. The van der Waals surface area contributed by atoms with E-state index >= 15 is 0 Å². The van der Waals surface area contributed by atoms with Crippen molar-refractivity contribution in [3.63, 3.8) is 0 Å². The van der Waals surface area contributed by atoms with Crippen LogP contribution in [-0.4, -0.2) is 28.6 Å². The van der Waals surface area contributed by atoms with E-state index in [4.69, 9.17) is 16.3 Å². The van der Waals surface area contributed by atoms with Crippen LogP contribution in [0.25, 0.3) is 16.8 Å². The highest BCUT2D eigenvalue weighted by Crippen LogP contribution is 2.35. The van der Waals surface area contributed by atoms with Gasteiger partial charge >= 0.3 is 0 Å². The molecular weight excluding hydrogens is 532 g/mol. The molecule has 8 heteroatoms. The van der Waals surface area contributed by atoms with E-state index < -0.39 is 0 Å². The SMILES string of the molecule is Cc1ccc(C)c(NC(=O)COc2ccc(/C=C3\SC(=O)N(Cc4cccc5ccccc45)C3=O)cc2Cl)c1. The van der Waals surface area contributed by atoms with Crippen molar-refractivity contribution in [1.29, 1.82) is 0 Å². The number of fused-ring (bicyclic) bond motifs is 1. The van der Waals surface area contributed by atoms with E-state index in [2.05, 4.69) is 5.32 Å². The minimum atomic E-state index is -0.350. The predicted molar refractivity (Wildman–Crippen MR) is 157 cm³/mol. The lowest BCUT2D eigenvalue weighted by Gasteiger charge is -2.14. The number of anilines is 1. The van der Waals surface area contributed by atoms with Gasteiger partial charge in [-0.2, -0.15) is 0 Å². The Balaban J connectivity index is 1.24. The largest absolute Gasteiger partial charge is 0.482 e. The van der Waals surface area contributed by atoms with Crippen molar-refractivity contribution in [3.8, 4) is 5.75 Å². The first-order valence-electron chi connectivity index (χ1n) is 12.3. The van der Waals surface area contributed by atoms with Gasteiger partial charge in [0.15, 0.2) is 6.61 Å². The zero-order valence-electron chi connectivity index (χ0n) is 21.4. The molecule has 1 aliphatic heterocycles. The summed E-state index contributed by atoms with van der Waals surface area (Å²) in [6.45, 7) is 3.86. The van der Waals surface area contributed by atoms with Crippen molar-refractivity contribution in [2.45, 2.75) is 20.4 Å². The maximum Gasteiger partial charge on any atom is 0.293 e. The third kappa shape index (κ3) is 6.00. The van der Waals surface area contributed by atoms with Crippen LogP contribution in [0.3, 0.4) is 0 Å². The fraction of sp³-hybridized carbons (Fsp3) is 0.129. The van der Waals surface area contributed by atoms with Gasteiger partial charge in [-0.25, -0.2) is 0 Å². The van der Waals surface area contributed by atoms with E-state index in [-0.39, 0.29) is 30.2 Å². The minimum absolute atomic E-state index is 0.195. The highest BCUT2D eigenvalue weighted by molar-refractivity contribution is 8.18. The van der Waals surface area contributed by atoms with Crippen molar-refractivity contribution >= 4 is 63.0 Å². The molecule has 4 aromatic rings. The second-order valence-corrected chi connectivity index (χ2v) is 10.7. The van der Waals surface area contributed by atoms with Crippen molar-refractivity contribution < 1.29 is 19.1 Å². The summed E-state index contributed by atoms with van der Waals surface area (Å²) in [6.07, 6.45) is 1.64. The van der Waals surface area contributed by atoms with Crippen LogP contribution in [-0.2, 0) is 16.1 Å². The first-order valence-corrected chi connectivity index (χ1v) is 13.5. The fourth-order valence-corrected chi connectivity index (χ4v) is 5.39. The molecule has 0 unspecified atom stereocenters. The molecule has 6 nitrogen and oxygen atoms in total. The average Bonchev–Trinajstić information content (AvgIpc) is 3.17. The number of hydrogen-bond donors (Lipinski definition) is 1.